The molecule has 0 bridgehead atoms. The Bertz CT molecular complexity index is 1960. The highest BCUT2D eigenvalue weighted by molar-refractivity contribution is 6.11. The van der Waals surface area contributed by atoms with Crippen molar-refractivity contribution in [3.05, 3.63) is 121 Å². The van der Waals surface area contributed by atoms with Gasteiger partial charge in [-0.15, -0.1) is 0 Å². The molecule has 0 saturated heterocycles. The molecule has 3 heterocycles. The minimum Gasteiger partial charge on any atom is -0.294 e. The van der Waals surface area contributed by atoms with Gasteiger partial charge in [-0.25, -0.2) is 9.97 Å². The molecule has 0 atom stereocenters. The Hall–Kier alpha value is -4.96. The van der Waals surface area contributed by atoms with Gasteiger partial charge < -0.3 is 0 Å². The van der Waals surface area contributed by atoms with Crippen LogP contribution in [0.3, 0.4) is 0 Å². The van der Waals surface area contributed by atoms with Crippen molar-refractivity contribution in [1.29, 1.82) is 0 Å². The lowest BCUT2D eigenvalue weighted by atomic mass is 10.1. The smallest absolute Gasteiger partial charge is 0.143 e. The van der Waals surface area contributed by atoms with Gasteiger partial charge in [-0.05, 0) is 73.5 Å². The molecule has 0 amide bonds. The molecule has 0 spiro atoms. The van der Waals surface area contributed by atoms with E-state index in [9.17, 15) is 0 Å². The summed E-state index contributed by atoms with van der Waals surface area (Å²) in [6, 6.07) is 28.2. The molecule has 3 aromatic heterocycles. The molecule has 4 aromatic carbocycles. The van der Waals surface area contributed by atoms with Gasteiger partial charge in [0.2, 0.25) is 0 Å². The highest BCUT2D eigenvalue weighted by Crippen LogP contribution is 2.35. The van der Waals surface area contributed by atoms with Gasteiger partial charge in [-0.1, -0.05) is 60.7 Å². The Balaban J connectivity index is 1.53. The van der Waals surface area contributed by atoms with Crippen molar-refractivity contribution in [2.45, 2.75) is 13.8 Å². The highest BCUT2D eigenvalue weighted by atomic mass is 15.1. The van der Waals surface area contributed by atoms with Crippen molar-refractivity contribution >= 4 is 55.8 Å². The van der Waals surface area contributed by atoms with E-state index >= 15 is 0 Å². The van der Waals surface area contributed by atoms with Crippen molar-refractivity contribution in [3.63, 3.8) is 0 Å². The summed E-state index contributed by atoms with van der Waals surface area (Å²) in [4.78, 5) is 9.53. The summed E-state index contributed by atoms with van der Waals surface area (Å²) in [6.07, 6.45) is 5.43. The van der Waals surface area contributed by atoms with E-state index in [0.29, 0.717) is 0 Å². The summed E-state index contributed by atoms with van der Waals surface area (Å²) in [7, 11) is 0. The molecule has 38 heavy (non-hydrogen) atoms. The molecule has 0 radical (unpaired) electrons. The molecule has 7 rings (SSSR count). The Morgan fingerprint density at radius 1 is 0.526 bits per heavy atom. The standard InChI is InChI=1S/C34H26N4/c1-5-23-9-13-31-27(17-23)28-18-24(6-2)10-14-32(28)38(31)34-19-33(35-20-36-34)37-29-11-7-21(3)15-25(29)26-16-22(4)8-12-30(26)37/h5-20H,1-2H2,3-4H3. The summed E-state index contributed by atoms with van der Waals surface area (Å²) >= 11 is 0. The monoisotopic (exact) mass is 490 g/mol. The van der Waals surface area contributed by atoms with Crippen LogP contribution >= 0.6 is 0 Å². The Labute approximate surface area is 220 Å². The largest absolute Gasteiger partial charge is 0.294 e. The second-order valence-electron chi connectivity index (χ2n) is 9.91. The molecule has 0 fully saturated rings. The summed E-state index contributed by atoms with van der Waals surface area (Å²) in [5, 5.41) is 4.78. The van der Waals surface area contributed by atoms with Gasteiger partial charge in [0.15, 0.2) is 0 Å². The van der Waals surface area contributed by atoms with E-state index in [4.69, 9.17) is 9.97 Å². The zero-order valence-electron chi connectivity index (χ0n) is 21.4. The Morgan fingerprint density at radius 2 is 0.921 bits per heavy atom. The van der Waals surface area contributed by atoms with Crippen LogP contribution in [0.2, 0.25) is 0 Å². The Morgan fingerprint density at radius 3 is 1.34 bits per heavy atom. The van der Waals surface area contributed by atoms with Crippen LogP contribution in [0.15, 0.2) is 98.3 Å². The fourth-order valence-electron chi connectivity index (χ4n) is 5.64. The molecular formula is C34H26N4. The van der Waals surface area contributed by atoms with Crippen molar-refractivity contribution < 1.29 is 0 Å². The number of hydrogen-bond acceptors (Lipinski definition) is 2. The van der Waals surface area contributed by atoms with Gasteiger partial charge in [0.1, 0.15) is 18.0 Å². The normalized spacial score (nSPS) is 11.6. The molecular weight excluding hydrogens is 464 g/mol. The van der Waals surface area contributed by atoms with Crippen molar-refractivity contribution in [2.75, 3.05) is 0 Å². The van der Waals surface area contributed by atoms with E-state index in [0.717, 1.165) is 55.6 Å². The average Bonchev–Trinajstić information content (AvgIpc) is 3.44. The molecule has 0 aliphatic heterocycles. The second kappa shape index (κ2) is 8.29. The fraction of sp³-hybridized carbons (Fsp3) is 0.0588. The molecule has 0 N–H and O–H groups in total. The van der Waals surface area contributed by atoms with Crippen molar-refractivity contribution in [3.8, 4) is 11.6 Å². The minimum absolute atomic E-state index is 0.821. The molecule has 0 unspecified atom stereocenters. The summed E-state index contributed by atoms with van der Waals surface area (Å²) < 4.78 is 4.46. The van der Waals surface area contributed by atoms with Crippen LogP contribution in [0.25, 0.3) is 67.4 Å². The molecule has 4 heteroatoms. The first-order valence-electron chi connectivity index (χ1n) is 12.7. The van der Waals surface area contributed by atoms with Crippen LogP contribution in [-0.2, 0) is 0 Å². The van der Waals surface area contributed by atoms with E-state index in [1.54, 1.807) is 6.33 Å². The van der Waals surface area contributed by atoms with E-state index in [1.807, 2.05) is 12.2 Å². The van der Waals surface area contributed by atoms with Gasteiger partial charge >= 0.3 is 0 Å². The lowest BCUT2D eigenvalue weighted by Crippen LogP contribution is -2.03. The molecule has 7 aromatic rings. The quantitative estimate of drug-likeness (QED) is 0.248. The molecule has 4 nitrogen and oxygen atoms in total. The van der Waals surface area contributed by atoms with Gasteiger partial charge in [0.05, 0.1) is 22.1 Å². The number of nitrogens with zero attached hydrogens (tertiary/aromatic N) is 4. The molecule has 0 saturated carbocycles. The van der Waals surface area contributed by atoms with E-state index in [1.165, 1.54) is 21.9 Å². The maximum atomic E-state index is 4.76. The first-order chi connectivity index (χ1) is 18.6. The third kappa shape index (κ3) is 3.24. The van der Waals surface area contributed by atoms with E-state index in [-0.39, 0.29) is 0 Å². The van der Waals surface area contributed by atoms with Crippen molar-refractivity contribution in [1.82, 2.24) is 19.1 Å². The molecule has 0 aliphatic rings. The highest BCUT2D eigenvalue weighted by Gasteiger charge is 2.17. The van der Waals surface area contributed by atoms with E-state index in [2.05, 4.69) is 115 Å². The summed E-state index contributed by atoms with van der Waals surface area (Å²) in [5.74, 6) is 1.66. The average molecular weight is 491 g/mol. The SMILES string of the molecule is C=Cc1ccc2c(c1)c1cc(C=C)ccc1n2-c1cc(-n2c3ccc(C)cc3c3cc(C)ccc32)ncn1. The number of fused-ring (bicyclic) bond motifs is 6. The number of aromatic nitrogens is 4. The predicted octanol–water partition coefficient (Wildman–Crippen LogP) is 8.57. The number of benzene rings is 4. The summed E-state index contributed by atoms with van der Waals surface area (Å²) in [6.45, 7) is 12.2. The third-order valence-electron chi connectivity index (χ3n) is 7.46. The number of rotatable bonds is 4. The second-order valence-corrected chi connectivity index (χ2v) is 9.91. The predicted molar refractivity (Wildman–Crippen MR) is 160 cm³/mol. The maximum absolute atomic E-state index is 4.76. The van der Waals surface area contributed by atoms with Gasteiger partial charge in [-0.2, -0.15) is 0 Å². The lowest BCUT2D eigenvalue weighted by molar-refractivity contribution is 0.986. The third-order valence-corrected chi connectivity index (χ3v) is 7.46. The van der Waals surface area contributed by atoms with Gasteiger partial charge in [-0.3, -0.25) is 9.13 Å². The topological polar surface area (TPSA) is 35.6 Å². The minimum atomic E-state index is 0.821. The van der Waals surface area contributed by atoms with Crippen molar-refractivity contribution in [2.24, 2.45) is 0 Å². The van der Waals surface area contributed by atoms with Crippen LogP contribution in [0.4, 0.5) is 0 Å². The van der Waals surface area contributed by atoms with Crippen LogP contribution in [-0.4, -0.2) is 19.1 Å². The van der Waals surface area contributed by atoms with E-state index < -0.39 is 0 Å². The number of hydrogen-bond donors (Lipinski definition) is 0. The number of aryl methyl sites for hydroxylation is 2. The first-order valence-corrected chi connectivity index (χ1v) is 12.7. The summed E-state index contributed by atoms with van der Waals surface area (Å²) in [5.41, 5.74) is 9.09. The first kappa shape index (κ1) is 22.3. The van der Waals surface area contributed by atoms with Crippen LogP contribution in [0.5, 0.6) is 0 Å². The maximum Gasteiger partial charge on any atom is 0.143 e. The van der Waals surface area contributed by atoms with Gasteiger partial charge in [0, 0.05) is 27.6 Å². The Kier molecular flexibility index (Phi) is 4.85. The van der Waals surface area contributed by atoms with Crippen LogP contribution in [0.1, 0.15) is 22.3 Å². The zero-order chi connectivity index (χ0) is 26.0. The molecule has 0 aliphatic carbocycles. The zero-order valence-corrected chi connectivity index (χ0v) is 21.4. The molecule has 182 valence electrons. The van der Waals surface area contributed by atoms with Gasteiger partial charge in [0.25, 0.3) is 0 Å². The lowest BCUT2D eigenvalue weighted by Gasteiger charge is -2.11. The van der Waals surface area contributed by atoms with Crippen LogP contribution in [0, 0.1) is 13.8 Å². The fourth-order valence-corrected chi connectivity index (χ4v) is 5.64. The van der Waals surface area contributed by atoms with Crippen LogP contribution < -0.4 is 0 Å².